The molecule has 38 heavy (non-hydrogen) atoms. The summed E-state index contributed by atoms with van der Waals surface area (Å²) >= 11 is 1.26. The van der Waals surface area contributed by atoms with Crippen LogP contribution in [0.15, 0.2) is 88.5 Å². The molecular weight excluding hydrogens is 506 g/mol. The van der Waals surface area contributed by atoms with Crippen LogP contribution in [0, 0.1) is 22.4 Å². The van der Waals surface area contributed by atoms with Crippen LogP contribution >= 0.6 is 11.8 Å². The van der Waals surface area contributed by atoms with E-state index in [-0.39, 0.29) is 30.3 Å². The van der Waals surface area contributed by atoms with E-state index in [1.165, 1.54) is 41.0 Å². The average molecular weight is 528 g/mol. The first-order chi connectivity index (χ1) is 18.4. The molecule has 0 fully saturated rings. The van der Waals surface area contributed by atoms with Crippen molar-refractivity contribution in [2.75, 3.05) is 13.2 Å². The van der Waals surface area contributed by atoms with E-state index in [1.807, 2.05) is 31.2 Å². The van der Waals surface area contributed by atoms with Gasteiger partial charge < -0.3 is 9.47 Å². The normalized spacial score (nSPS) is 15.7. The van der Waals surface area contributed by atoms with E-state index >= 15 is 0 Å². The standard InChI is InChI=1S/C27H21N5O5S/c1-17-5-7-19(8-6-17)26-30-31-24(28)23(25(33)29-27(31)38-26)16-18-3-2-4-22(15-18)37-14-13-36-21-11-9-20(10-12-21)32(34)35/h2-12,15-16,28H,13-14H2,1H3/b23-16-,28-24?. The van der Waals surface area contributed by atoms with Crippen molar-refractivity contribution in [2.24, 2.45) is 10.1 Å². The molecule has 11 heteroatoms. The lowest BCUT2D eigenvalue weighted by Crippen LogP contribution is -2.35. The number of carbonyl (C=O) groups excluding carboxylic acids is 1. The number of aryl methyl sites for hydroxylation is 1. The maximum Gasteiger partial charge on any atom is 0.283 e. The first-order valence-corrected chi connectivity index (χ1v) is 12.4. The third kappa shape index (κ3) is 5.47. The number of hydrazone groups is 1. The number of nitro groups is 1. The van der Waals surface area contributed by atoms with Crippen LogP contribution in [-0.4, -0.2) is 45.1 Å². The zero-order valence-corrected chi connectivity index (χ0v) is 21.0. The van der Waals surface area contributed by atoms with Crippen molar-refractivity contribution in [3.63, 3.8) is 0 Å². The number of aliphatic imine (C=N–C) groups is 1. The van der Waals surface area contributed by atoms with Gasteiger partial charge in [-0.25, -0.2) is 0 Å². The Bertz CT molecular complexity index is 1510. The van der Waals surface area contributed by atoms with E-state index in [9.17, 15) is 14.9 Å². The van der Waals surface area contributed by atoms with Gasteiger partial charge in [0.25, 0.3) is 11.6 Å². The van der Waals surface area contributed by atoms with E-state index in [1.54, 1.807) is 30.3 Å². The van der Waals surface area contributed by atoms with E-state index < -0.39 is 10.8 Å². The second kappa shape index (κ2) is 10.7. The van der Waals surface area contributed by atoms with Crippen LogP contribution in [0.5, 0.6) is 11.5 Å². The summed E-state index contributed by atoms with van der Waals surface area (Å²) in [7, 11) is 0. The van der Waals surface area contributed by atoms with Gasteiger partial charge in [-0.3, -0.25) is 20.3 Å². The fourth-order valence-electron chi connectivity index (χ4n) is 3.65. The number of hydrogen-bond donors (Lipinski definition) is 1. The van der Waals surface area contributed by atoms with Gasteiger partial charge in [-0.15, -0.1) is 0 Å². The van der Waals surface area contributed by atoms with Crippen LogP contribution in [0.2, 0.25) is 0 Å². The van der Waals surface area contributed by atoms with Crippen molar-refractivity contribution >= 4 is 45.5 Å². The maximum atomic E-state index is 12.8. The van der Waals surface area contributed by atoms with Crippen LogP contribution in [0.4, 0.5) is 5.69 Å². The van der Waals surface area contributed by atoms with E-state index in [0.29, 0.717) is 27.3 Å². The van der Waals surface area contributed by atoms with Crippen molar-refractivity contribution < 1.29 is 19.2 Å². The van der Waals surface area contributed by atoms with Crippen LogP contribution in [0.3, 0.4) is 0 Å². The van der Waals surface area contributed by atoms with Gasteiger partial charge in [0.05, 0.1) is 10.5 Å². The molecule has 2 aliphatic heterocycles. The first kappa shape index (κ1) is 24.9. The molecule has 0 saturated carbocycles. The smallest absolute Gasteiger partial charge is 0.283 e. The fourth-order valence-corrected chi connectivity index (χ4v) is 4.55. The number of ether oxygens (including phenoxy) is 2. The number of nitrogens with zero attached hydrogens (tertiary/aromatic N) is 4. The van der Waals surface area contributed by atoms with E-state index in [2.05, 4.69) is 10.1 Å². The molecule has 3 aromatic carbocycles. The minimum absolute atomic E-state index is 0.00650. The summed E-state index contributed by atoms with van der Waals surface area (Å²) in [6.07, 6.45) is 1.59. The quantitative estimate of drug-likeness (QED) is 0.188. The molecule has 2 aliphatic rings. The second-order valence-corrected chi connectivity index (χ2v) is 9.27. The van der Waals surface area contributed by atoms with Gasteiger partial charge >= 0.3 is 0 Å². The van der Waals surface area contributed by atoms with Crippen LogP contribution < -0.4 is 9.47 Å². The minimum Gasteiger partial charge on any atom is -0.490 e. The SMILES string of the molecule is Cc1ccc(C2=NN3C(=N)/C(=C/c4cccc(OCCOc5ccc([N+](=O)[O-])cc5)c4)C(=O)N=C3S2)cc1. The van der Waals surface area contributed by atoms with Gasteiger partial charge in [0.2, 0.25) is 5.17 Å². The summed E-state index contributed by atoms with van der Waals surface area (Å²) in [6, 6.07) is 20.8. The van der Waals surface area contributed by atoms with Gasteiger partial charge in [0.15, 0.2) is 5.84 Å². The number of benzene rings is 3. The highest BCUT2D eigenvalue weighted by atomic mass is 32.2. The number of amidine groups is 2. The van der Waals surface area contributed by atoms with Gasteiger partial charge in [0, 0.05) is 17.7 Å². The molecular formula is C27H21N5O5S. The Labute approximate surface area is 221 Å². The highest BCUT2D eigenvalue weighted by Crippen LogP contribution is 2.31. The van der Waals surface area contributed by atoms with Crippen molar-refractivity contribution in [1.82, 2.24) is 5.01 Å². The molecule has 0 unspecified atom stereocenters. The number of fused-ring (bicyclic) bond motifs is 1. The molecule has 10 nitrogen and oxygen atoms in total. The molecule has 1 N–H and O–H groups in total. The van der Waals surface area contributed by atoms with Crippen molar-refractivity contribution in [3.05, 3.63) is 105 Å². The summed E-state index contributed by atoms with van der Waals surface area (Å²) in [5, 5.41) is 26.3. The number of hydrogen-bond acceptors (Lipinski definition) is 8. The number of amides is 1. The molecule has 5 rings (SSSR count). The lowest BCUT2D eigenvalue weighted by molar-refractivity contribution is -0.384. The summed E-state index contributed by atoms with van der Waals surface area (Å²) in [5.41, 5.74) is 2.81. The van der Waals surface area contributed by atoms with Gasteiger partial charge in [-0.05, 0) is 54.6 Å². The third-order valence-corrected chi connectivity index (χ3v) is 6.55. The highest BCUT2D eigenvalue weighted by Gasteiger charge is 2.36. The maximum absolute atomic E-state index is 12.8. The summed E-state index contributed by atoms with van der Waals surface area (Å²) in [5.74, 6) is 0.511. The third-order valence-electron chi connectivity index (χ3n) is 5.59. The number of nitro benzene ring substituents is 1. The van der Waals surface area contributed by atoms with Crippen LogP contribution in [0.25, 0.3) is 6.08 Å². The van der Waals surface area contributed by atoms with Crippen molar-refractivity contribution in [2.45, 2.75) is 6.92 Å². The summed E-state index contributed by atoms with van der Waals surface area (Å²) in [4.78, 5) is 27.2. The number of non-ortho nitro benzene ring substituents is 1. The average Bonchev–Trinajstić information content (AvgIpc) is 3.34. The lowest BCUT2D eigenvalue weighted by Gasteiger charge is -2.20. The topological polar surface area (TPSA) is 130 Å². The van der Waals surface area contributed by atoms with Gasteiger partial charge in [-0.1, -0.05) is 42.0 Å². The molecule has 0 saturated heterocycles. The molecule has 0 radical (unpaired) electrons. The Morgan fingerprint density at radius 2 is 1.74 bits per heavy atom. The summed E-state index contributed by atoms with van der Waals surface area (Å²) in [6.45, 7) is 2.47. The lowest BCUT2D eigenvalue weighted by atomic mass is 10.1. The predicted octanol–water partition coefficient (Wildman–Crippen LogP) is 5.03. The Morgan fingerprint density at radius 3 is 2.45 bits per heavy atom. The Kier molecular flexibility index (Phi) is 7.00. The second-order valence-electron chi connectivity index (χ2n) is 8.31. The largest absolute Gasteiger partial charge is 0.490 e. The molecule has 0 aliphatic carbocycles. The van der Waals surface area contributed by atoms with Crippen LogP contribution in [0.1, 0.15) is 16.7 Å². The minimum atomic E-state index is -0.503. The predicted molar refractivity (Wildman–Crippen MR) is 146 cm³/mol. The van der Waals surface area contributed by atoms with Gasteiger partial charge in [-0.2, -0.15) is 15.1 Å². The first-order valence-electron chi connectivity index (χ1n) is 11.5. The molecule has 190 valence electrons. The molecule has 3 aromatic rings. The van der Waals surface area contributed by atoms with E-state index in [4.69, 9.17) is 14.9 Å². The summed E-state index contributed by atoms with van der Waals surface area (Å²) < 4.78 is 11.3. The number of rotatable bonds is 8. The van der Waals surface area contributed by atoms with Crippen molar-refractivity contribution in [3.8, 4) is 11.5 Å². The number of thioether (sulfide) groups is 1. The number of carbonyl (C=O) groups is 1. The molecule has 0 bridgehead atoms. The monoisotopic (exact) mass is 527 g/mol. The van der Waals surface area contributed by atoms with Crippen LogP contribution in [-0.2, 0) is 4.79 Å². The number of nitrogens with one attached hydrogen (secondary N) is 1. The fraction of sp³-hybridized carbons (Fsp3) is 0.111. The van der Waals surface area contributed by atoms with Gasteiger partial charge in [0.1, 0.15) is 29.8 Å². The molecule has 1 amide bonds. The molecule has 0 aromatic heterocycles. The van der Waals surface area contributed by atoms with E-state index in [0.717, 1.165) is 11.1 Å². The highest BCUT2D eigenvalue weighted by molar-refractivity contribution is 8.27. The zero-order valence-electron chi connectivity index (χ0n) is 20.2. The Morgan fingerprint density at radius 1 is 1.03 bits per heavy atom. The molecule has 0 atom stereocenters. The molecule has 2 heterocycles. The zero-order chi connectivity index (χ0) is 26.6. The Balaban J connectivity index is 1.23. The van der Waals surface area contributed by atoms with Crippen molar-refractivity contribution in [1.29, 1.82) is 5.41 Å². The molecule has 0 spiro atoms. The Hall–Kier alpha value is -4.77.